The van der Waals surface area contributed by atoms with E-state index in [2.05, 4.69) is 36.3 Å². The van der Waals surface area contributed by atoms with Crippen molar-refractivity contribution in [3.8, 4) is 0 Å². The highest BCUT2D eigenvalue weighted by Gasteiger charge is 2.22. The molecule has 1 aliphatic heterocycles. The van der Waals surface area contributed by atoms with Gasteiger partial charge in [0.05, 0.1) is 12.2 Å². The van der Waals surface area contributed by atoms with E-state index in [0.717, 1.165) is 44.0 Å². The van der Waals surface area contributed by atoms with Crippen molar-refractivity contribution in [1.29, 1.82) is 0 Å². The number of ether oxygens (including phenoxy) is 1. The molecular weight excluding hydrogens is 350 g/mol. The predicted octanol–water partition coefficient (Wildman–Crippen LogP) is 3.66. The van der Waals surface area contributed by atoms with Gasteiger partial charge in [-0.1, -0.05) is 37.3 Å². The lowest BCUT2D eigenvalue weighted by Gasteiger charge is -2.35. The Balaban J connectivity index is 1.61. The van der Waals surface area contributed by atoms with E-state index in [-0.39, 0.29) is 18.1 Å². The van der Waals surface area contributed by atoms with Crippen LogP contribution in [0.2, 0.25) is 0 Å². The Morgan fingerprint density at radius 3 is 2.43 bits per heavy atom. The van der Waals surface area contributed by atoms with Gasteiger partial charge in [-0.25, -0.2) is 0 Å². The minimum Gasteiger partial charge on any atom is -0.373 e. The summed E-state index contributed by atoms with van der Waals surface area (Å²) in [6.45, 7) is 10.7. The van der Waals surface area contributed by atoms with E-state index in [1.54, 1.807) is 0 Å². The van der Waals surface area contributed by atoms with E-state index < -0.39 is 0 Å². The Morgan fingerprint density at radius 2 is 1.75 bits per heavy atom. The molecule has 2 unspecified atom stereocenters. The summed E-state index contributed by atoms with van der Waals surface area (Å²) in [6.07, 6.45) is 0.520. The highest BCUT2D eigenvalue weighted by molar-refractivity contribution is 6.04. The van der Waals surface area contributed by atoms with Gasteiger partial charge in [0.25, 0.3) is 5.91 Å². The molecule has 28 heavy (non-hydrogen) atoms. The van der Waals surface area contributed by atoms with Crippen LogP contribution in [0, 0.1) is 0 Å². The Labute approximate surface area is 168 Å². The van der Waals surface area contributed by atoms with Crippen LogP contribution in [0.4, 0.5) is 5.69 Å². The molecule has 2 atom stereocenters. The molecule has 1 saturated heterocycles. The molecule has 5 nitrogen and oxygen atoms in total. The molecule has 0 saturated carbocycles. The second kappa shape index (κ2) is 9.82. The number of carbonyl (C=O) groups excluding carboxylic acids is 1. The third-order valence-electron chi connectivity index (χ3n) is 4.95. The molecular formula is C23H31N3O2. The van der Waals surface area contributed by atoms with Crippen molar-refractivity contribution < 1.29 is 9.53 Å². The maximum atomic E-state index is 12.7. The van der Waals surface area contributed by atoms with Crippen LogP contribution >= 0.6 is 0 Å². The number of morpholine rings is 1. The smallest absolute Gasteiger partial charge is 0.255 e. The van der Waals surface area contributed by atoms with Crippen molar-refractivity contribution in [1.82, 2.24) is 10.2 Å². The molecule has 2 N–H and O–H groups in total. The van der Waals surface area contributed by atoms with E-state index in [1.165, 1.54) is 5.56 Å². The van der Waals surface area contributed by atoms with Crippen LogP contribution in [0.15, 0.2) is 48.5 Å². The number of nitrogens with one attached hydrogen (secondary N) is 2. The molecule has 0 spiro atoms. The van der Waals surface area contributed by atoms with Gasteiger partial charge in [-0.2, -0.15) is 0 Å². The Hall–Kier alpha value is -2.21. The second-order valence-electron chi connectivity index (χ2n) is 7.54. The van der Waals surface area contributed by atoms with E-state index >= 15 is 0 Å². The van der Waals surface area contributed by atoms with Crippen LogP contribution in [0.5, 0.6) is 0 Å². The zero-order chi connectivity index (χ0) is 19.9. The van der Waals surface area contributed by atoms with Crippen LogP contribution < -0.4 is 10.6 Å². The van der Waals surface area contributed by atoms with E-state index in [0.29, 0.717) is 5.56 Å². The number of rotatable bonds is 7. The van der Waals surface area contributed by atoms with Crippen LogP contribution in [0.1, 0.15) is 42.3 Å². The SMILES string of the molecule is CCNCc1ccccc1NC(=O)c1ccc(CN2CC(C)OC(C)C2)cc1. The first-order valence-electron chi connectivity index (χ1n) is 10.1. The van der Waals surface area contributed by atoms with Gasteiger partial charge in [0.1, 0.15) is 0 Å². The van der Waals surface area contributed by atoms with Gasteiger partial charge < -0.3 is 15.4 Å². The highest BCUT2D eigenvalue weighted by atomic mass is 16.5. The molecule has 1 amide bonds. The first kappa shape index (κ1) is 20.5. The molecule has 0 aromatic heterocycles. The fraction of sp³-hybridized carbons (Fsp3) is 0.435. The lowest BCUT2D eigenvalue weighted by Crippen LogP contribution is -2.44. The van der Waals surface area contributed by atoms with Crippen LogP contribution in [0.25, 0.3) is 0 Å². The van der Waals surface area contributed by atoms with Crippen molar-refractivity contribution in [2.45, 2.75) is 46.1 Å². The van der Waals surface area contributed by atoms with E-state index in [1.807, 2.05) is 48.5 Å². The summed E-state index contributed by atoms with van der Waals surface area (Å²) in [6, 6.07) is 15.8. The number of hydrogen-bond acceptors (Lipinski definition) is 4. The van der Waals surface area contributed by atoms with Gasteiger partial charge >= 0.3 is 0 Å². The molecule has 1 aliphatic rings. The number of benzene rings is 2. The predicted molar refractivity (Wildman–Crippen MR) is 114 cm³/mol. The van der Waals surface area contributed by atoms with E-state index in [9.17, 15) is 4.79 Å². The maximum absolute atomic E-state index is 12.7. The van der Waals surface area contributed by atoms with Gasteiger partial charge in [0, 0.05) is 37.4 Å². The van der Waals surface area contributed by atoms with Crippen LogP contribution in [-0.4, -0.2) is 42.6 Å². The van der Waals surface area contributed by atoms with Crippen LogP contribution in [0.3, 0.4) is 0 Å². The van der Waals surface area contributed by atoms with E-state index in [4.69, 9.17) is 4.74 Å². The number of nitrogens with zero attached hydrogens (tertiary/aromatic N) is 1. The first-order chi connectivity index (χ1) is 13.5. The van der Waals surface area contributed by atoms with Gasteiger partial charge in [-0.3, -0.25) is 9.69 Å². The number of hydrogen-bond donors (Lipinski definition) is 2. The highest BCUT2D eigenvalue weighted by Crippen LogP contribution is 2.18. The fourth-order valence-corrected chi connectivity index (χ4v) is 3.68. The summed E-state index contributed by atoms with van der Waals surface area (Å²) in [5.74, 6) is -0.0795. The third-order valence-corrected chi connectivity index (χ3v) is 4.95. The average Bonchev–Trinajstić information content (AvgIpc) is 2.67. The van der Waals surface area contributed by atoms with Gasteiger partial charge in [0.2, 0.25) is 0 Å². The van der Waals surface area contributed by atoms with Crippen molar-refractivity contribution in [2.24, 2.45) is 0 Å². The lowest BCUT2D eigenvalue weighted by atomic mass is 10.1. The molecule has 5 heteroatoms. The number of carbonyl (C=O) groups is 1. The minimum atomic E-state index is -0.0795. The standard InChI is InChI=1S/C23H31N3O2/c1-4-24-13-21-7-5-6-8-22(21)25-23(27)20-11-9-19(10-12-20)16-26-14-17(2)28-18(3)15-26/h5-12,17-18,24H,4,13-16H2,1-3H3,(H,25,27). The monoisotopic (exact) mass is 381 g/mol. The molecule has 2 aromatic rings. The quantitative estimate of drug-likeness (QED) is 0.769. The molecule has 0 radical (unpaired) electrons. The average molecular weight is 382 g/mol. The summed E-state index contributed by atoms with van der Waals surface area (Å²) >= 11 is 0. The Bertz CT molecular complexity index is 766. The molecule has 0 aliphatic carbocycles. The molecule has 0 bridgehead atoms. The number of amides is 1. The Morgan fingerprint density at radius 1 is 1.07 bits per heavy atom. The maximum Gasteiger partial charge on any atom is 0.255 e. The minimum absolute atomic E-state index is 0.0795. The number of para-hydroxylation sites is 1. The van der Waals surface area contributed by atoms with Crippen LogP contribution in [-0.2, 0) is 17.8 Å². The topological polar surface area (TPSA) is 53.6 Å². The lowest BCUT2D eigenvalue weighted by molar-refractivity contribution is -0.0704. The van der Waals surface area contributed by atoms with Crippen molar-refractivity contribution >= 4 is 11.6 Å². The summed E-state index contributed by atoms with van der Waals surface area (Å²) < 4.78 is 5.80. The zero-order valence-corrected chi connectivity index (χ0v) is 17.1. The second-order valence-corrected chi connectivity index (χ2v) is 7.54. The van der Waals surface area contributed by atoms with Crippen molar-refractivity contribution in [3.63, 3.8) is 0 Å². The fourth-order valence-electron chi connectivity index (χ4n) is 3.68. The molecule has 1 fully saturated rings. The molecule has 3 rings (SSSR count). The first-order valence-corrected chi connectivity index (χ1v) is 10.1. The summed E-state index contributed by atoms with van der Waals surface area (Å²) in [7, 11) is 0. The number of anilines is 1. The van der Waals surface area contributed by atoms with Gasteiger partial charge in [-0.15, -0.1) is 0 Å². The van der Waals surface area contributed by atoms with Crippen molar-refractivity contribution in [2.75, 3.05) is 25.0 Å². The largest absolute Gasteiger partial charge is 0.373 e. The summed E-state index contributed by atoms with van der Waals surface area (Å²) in [4.78, 5) is 15.1. The van der Waals surface area contributed by atoms with Crippen molar-refractivity contribution in [3.05, 3.63) is 65.2 Å². The Kier molecular flexibility index (Phi) is 7.20. The molecule has 150 valence electrons. The summed E-state index contributed by atoms with van der Waals surface area (Å²) in [5.41, 5.74) is 3.83. The van der Waals surface area contributed by atoms with Gasteiger partial charge in [0.15, 0.2) is 0 Å². The zero-order valence-electron chi connectivity index (χ0n) is 17.1. The normalized spacial score (nSPS) is 20.1. The van der Waals surface area contributed by atoms with Gasteiger partial charge in [-0.05, 0) is 49.7 Å². The third kappa shape index (κ3) is 5.64. The summed E-state index contributed by atoms with van der Waals surface area (Å²) in [5, 5.41) is 6.35. The molecule has 2 aromatic carbocycles. The molecule has 1 heterocycles.